The van der Waals surface area contributed by atoms with E-state index in [9.17, 15) is 0 Å². The zero-order chi connectivity index (χ0) is 16.8. The Kier molecular flexibility index (Phi) is 10.5. The molecule has 0 aromatic heterocycles. The van der Waals surface area contributed by atoms with Crippen LogP contribution in [0, 0.1) is 0 Å². The Hall–Kier alpha value is -2.80. The Morgan fingerprint density at radius 1 is 0.682 bits per heavy atom. The van der Waals surface area contributed by atoms with Crippen LogP contribution in [0.25, 0.3) is 0 Å². The molecule has 0 aromatic carbocycles. The number of hydrogen-bond donors (Lipinski definition) is 0. The molecule has 0 saturated heterocycles. The number of rotatable bonds is 10. The van der Waals surface area contributed by atoms with Crippen LogP contribution in [0.1, 0.15) is 6.92 Å². The fourth-order valence-corrected chi connectivity index (χ4v) is 1.77. The van der Waals surface area contributed by atoms with Gasteiger partial charge in [-0.3, -0.25) is 0 Å². The molecule has 0 fully saturated rings. The van der Waals surface area contributed by atoms with E-state index < -0.39 is 0 Å². The third-order valence-corrected chi connectivity index (χ3v) is 2.66. The molecule has 0 N–H and O–H groups in total. The molecule has 0 aliphatic rings. The first-order valence-corrected chi connectivity index (χ1v) is 7.02. The maximum atomic E-state index is 3.89. The van der Waals surface area contributed by atoms with Gasteiger partial charge in [-0.25, -0.2) is 0 Å². The zero-order valence-electron chi connectivity index (χ0n) is 13.4. The SMILES string of the molecule is C=C/C=C\C(=C/C=C)N(/C(C=C)=C/C)C(/C=C\C=C)=C/C=C. The van der Waals surface area contributed by atoms with Crippen LogP contribution in [-0.2, 0) is 0 Å². The van der Waals surface area contributed by atoms with Crippen LogP contribution in [0.5, 0.6) is 0 Å². The van der Waals surface area contributed by atoms with Crippen LogP contribution >= 0.6 is 0 Å². The van der Waals surface area contributed by atoms with Crippen molar-refractivity contribution in [1.29, 1.82) is 0 Å². The van der Waals surface area contributed by atoms with Gasteiger partial charge in [-0.05, 0) is 37.3 Å². The molecule has 0 saturated carbocycles. The highest BCUT2D eigenvalue weighted by Gasteiger charge is 2.12. The molecule has 0 atom stereocenters. The van der Waals surface area contributed by atoms with Gasteiger partial charge in [-0.2, -0.15) is 0 Å². The van der Waals surface area contributed by atoms with Gasteiger partial charge < -0.3 is 4.90 Å². The summed E-state index contributed by atoms with van der Waals surface area (Å²) in [5.74, 6) is 0. The van der Waals surface area contributed by atoms with E-state index in [4.69, 9.17) is 0 Å². The summed E-state index contributed by atoms with van der Waals surface area (Å²) in [6.07, 6.45) is 22.3. The minimum absolute atomic E-state index is 0.935. The summed E-state index contributed by atoms with van der Waals surface area (Å²) in [7, 11) is 0. The van der Waals surface area contributed by atoms with Crippen molar-refractivity contribution < 1.29 is 0 Å². The number of hydrogen-bond acceptors (Lipinski definition) is 1. The standard InChI is InChI=1S/C21H25N/c1-7-13-17-20(15-9-3)22(19(11-5)12-6)21(16-10-4)18-14-8-2/h7-18H,1-5H2,6H3/b17-13-,18-14-,19-12+,20-15+,21-16+. The van der Waals surface area contributed by atoms with Crippen LogP contribution in [0.3, 0.4) is 0 Å². The van der Waals surface area contributed by atoms with E-state index in [-0.39, 0.29) is 0 Å². The Morgan fingerprint density at radius 2 is 1.14 bits per heavy atom. The van der Waals surface area contributed by atoms with Gasteiger partial charge in [0.25, 0.3) is 0 Å². The molecule has 0 unspecified atom stereocenters. The Labute approximate surface area is 135 Å². The smallest absolute Gasteiger partial charge is 0.0461 e. The van der Waals surface area contributed by atoms with Crippen LogP contribution in [0.2, 0.25) is 0 Å². The van der Waals surface area contributed by atoms with Crippen molar-refractivity contribution in [2.75, 3.05) is 0 Å². The molecular weight excluding hydrogens is 266 g/mol. The van der Waals surface area contributed by atoms with Crippen molar-refractivity contribution in [3.8, 4) is 0 Å². The normalized spacial score (nSPS) is 13.2. The molecule has 1 heteroatoms. The summed E-state index contributed by atoms with van der Waals surface area (Å²) >= 11 is 0. The van der Waals surface area contributed by atoms with Gasteiger partial charge in [0.2, 0.25) is 0 Å². The molecule has 0 aliphatic carbocycles. The monoisotopic (exact) mass is 291 g/mol. The third-order valence-electron chi connectivity index (χ3n) is 2.66. The van der Waals surface area contributed by atoms with Gasteiger partial charge in [0.15, 0.2) is 0 Å². The first kappa shape index (κ1) is 19.2. The summed E-state index contributed by atoms with van der Waals surface area (Å²) in [4.78, 5) is 2.05. The quantitative estimate of drug-likeness (QED) is 0.446. The second-order valence-electron chi connectivity index (χ2n) is 4.10. The van der Waals surface area contributed by atoms with Crippen LogP contribution < -0.4 is 0 Å². The van der Waals surface area contributed by atoms with Crippen LogP contribution in [0.4, 0.5) is 0 Å². The van der Waals surface area contributed by atoms with E-state index in [0.29, 0.717) is 0 Å². The predicted octanol–water partition coefficient (Wildman–Crippen LogP) is 6.00. The molecule has 0 radical (unpaired) electrons. The highest BCUT2D eigenvalue weighted by atomic mass is 15.2. The maximum Gasteiger partial charge on any atom is 0.0461 e. The second kappa shape index (κ2) is 12.0. The highest BCUT2D eigenvalue weighted by molar-refractivity contribution is 5.40. The molecule has 114 valence electrons. The van der Waals surface area contributed by atoms with E-state index in [1.54, 1.807) is 30.4 Å². The minimum Gasteiger partial charge on any atom is -0.311 e. The lowest BCUT2D eigenvalue weighted by Gasteiger charge is -2.28. The molecular formula is C21H25N. The van der Waals surface area contributed by atoms with E-state index in [1.807, 2.05) is 49.5 Å². The van der Waals surface area contributed by atoms with Crippen LogP contribution in [-0.4, -0.2) is 4.90 Å². The van der Waals surface area contributed by atoms with Crippen molar-refractivity contribution in [3.63, 3.8) is 0 Å². The Balaban J connectivity index is 6.25. The van der Waals surface area contributed by atoms with Gasteiger partial charge in [-0.15, -0.1) is 0 Å². The van der Waals surface area contributed by atoms with Crippen molar-refractivity contribution in [3.05, 3.63) is 123 Å². The molecule has 0 amide bonds. The molecule has 0 rings (SSSR count). The largest absolute Gasteiger partial charge is 0.311 e. The van der Waals surface area contributed by atoms with Gasteiger partial charge in [-0.1, -0.05) is 75.4 Å². The maximum absolute atomic E-state index is 3.89. The van der Waals surface area contributed by atoms with Gasteiger partial charge >= 0.3 is 0 Å². The lowest BCUT2D eigenvalue weighted by atomic mass is 10.2. The average Bonchev–Trinajstić information content (AvgIpc) is 2.53. The molecule has 22 heavy (non-hydrogen) atoms. The van der Waals surface area contributed by atoms with Gasteiger partial charge in [0.05, 0.1) is 0 Å². The minimum atomic E-state index is 0.935. The molecule has 0 aliphatic heterocycles. The number of allylic oxidation sites excluding steroid dienone is 12. The predicted molar refractivity (Wildman–Crippen MR) is 101 cm³/mol. The van der Waals surface area contributed by atoms with Crippen molar-refractivity contribution in [2.24, 2.45) is 0 Å². The first-order chi connectivity index (χ1) is 10.7. The topological polar surface area (TPSA) is 3.24 Å². The summed E-state index contributed by atoms with van der Waals surface area (Å²) in [5.41, 5.74) is 2.82. The fourth-order valence-electron chi connectivity index (χ4n) is 1.77. The van der Waals surface area contributed by atoms with E-state index in [2.05, 4.69) is 37.8 Å². The number of nitrogens with zero attached hydrogens (tertiary/aromatic N) is 1. The summed E-state index contributed by atoms with van der Waals surface area (Å²) < 4.78 is 0. The summed E-state index contributed by atoms with van der Waals surface area (Å²) in [5, 5.41) is 0. The van der Waals surface area contributed by atoms with Crippen molar-refractivity contribution in [2.45, 2.75) is 6.92 Å². The molecule has 0 spiro atoms. The Bertz CT molecular complexity index is 523. The average molecular weight is 291 g/mol. The van der Waals surface area contributed by atoms with Crippen molar-refractivity contribution in [1.82, 2.24) is 4.90 Å². The molecule has 0 aromatic rings. The third kappa shape index (κ3) is 6.10. The van der Waals surface area contributed by atoms with E-state index in [1.165, 1.54) is 0 Å². The lowest BCUT2D eigenvalue weighted by Crippen LogP contribution is -2.19. The molecule has 0 heterocycles. The second-order valence-corrected chi connectivity index (χ2v) is 4.10. The first-order valence-electron chi connectivity index (χ1n) is 7.02. The van der Waals surface area contributed by atoms with Crippen molar-refractivity contribution >= 4 is 0 Å². The van der Waals surface area contributed by atoms with Crippen LogP contribution in [0.15, 0.2) is 123 Å². The molecule has 0 bridgehead atoms. The summed E-state index contributed by atoms with van der Waals surface area (Å²) in [6.45, 7) is 20.9. The summed E-state index contributed by atoms with van der Waals surface area (Å²) in [6, 6.07) is 0. The lowest BCUT2D eigenvalue weighted by molar-refractivity contribution is 0.577. The Morgan fingerprint density at radius 3 is 1.41 bits per heavy atom. The van der Waals surface area contributed by atoms with E-state index >= 15 is 0 Å². The zero-order valence-corrected chi connectivity index (χ0v) is 13.4. The fraction of sp³-hybridized carbons (Fsp3) is 0.0476. The highest BCUT2D eigenvalue weighted by Crippen LogP contribution is 2.23. The van der Waals surface area contributed by atoms with Gasteiger partial charge in [0.1, 0.15) is 0 Å². The van der Waals surface area contributed by atoms with Gasteiger partial charge in [0, 0.05) is 17.1 Å². The van der Waals surface area contributed by atoms with E-state index in [0.717, 1.165) is 17.1 Å². The molecule has 1 nitrogen and oxygen atoms in total.